The molecule has 0 radical (unpaired) electrons. The lowest BCUT2D eigenvalue weighted by atomic mass is 10.1. The molecule has 0 aromatic heterocycles. The first-order valence-electron chi connectivity index (χ1n) is 7.60. The average molecular weight is 392 g/mol. The molecule has 0 aliphatic rings. The molecule has 10 heteroatoms. The number of nitrogens with one attached hydrogen (secondary N) is 1. The Bertz CT molecular complexity index is 911. The summed E-state index contributed by atoms with van der Waals surface area (Å²) in [5.41, 5.74) is 0.787. The molecule has 9 nitrogen and oxygen atoms in total. The number of amides is 1. The molecule has 140 valence electrons. The van der Waals surface area contributed by atoms with Crippen LogP contribution in [0.2, 0.25) is 5.02 Å². The number of benzene rings is 2. The molecule has 0 saturated heterocycles. The van der Waals surface area contributed by atoms with Gasteiger partial charge in [-0.05, 0) is 29.8 Å². The molecule has 0 fully saturated rings. The van der Waals surface area contributed by atoms with Gasteiger partial charge in [0.25, 0.3) is 11.6 Å². The van der Waals surface area contributed by atoms with Gasteiger partial charge in [-0.2, -0.15) is 0 Å². The summed E-state index contributed by atoms with van der Waals surface area (Å²) in [6.45, 7) is 0. The van der Waals surface area contributed by atoms with Crippen molar-refractivity contribution in [1.82, 2.24) is 0 Å². The smallest absolute Gasteiger partial charge is 0.303 e. The second kappa shape index (κ2) is 8.77. The standard InChI is InChI=1S/C17H14ClN3O6/c18-13-6-3-11(9-15(13)21(26)27)17(24)19-12-4-1-10(2-5-12)14(20-25)7-8-16(22)23/h1-6,9,25H,7-8H2,(H,19,24)(H,22,23). The monoisotopic (exact) mass is 391 g/mol. The van der Waals surface area contributed by atoms with Gasteiger partial charge in [-0.3, -0.25) is 19.7 Å². The number of carboxylic acids is 1. The zero-order valence-corrected chi connectivity index (χ0v) is 14.5. The van der Waals surface area contributed by atoms with Crippen molar-refractivity contribution in [1.29, 1.82) is 0 Å². The van der Waals surface area contributed by atoms with Gasteiger partial charge in [-0.1, -0.05) is 28.9 Å². The highest BCUT2D eigenvalue weighted by molar-refractivity contribution is 6.32. The largest absolute Gasteiger partial charge is 0.481 e. The molecule has 0 heterocycles. The van der Waals surface area contributed by atoms with Crippen molar-refractivity contribution in [2.45, 2.75) is 12.8 Å². The van der Waals surface area contributed by atoms with Gasteiger partial charge >= 0.3 is 5.97 Å². The molecule has 0 aliphatic heterocycles. The van der Waals surface area contributed by atoms with Crippen molar-refractivity contribution in [3.63, 3.8) is 0 Å². The van der Waals surface area contributed by atoms with Gasteiger partial charge in [0.1, 0.15) is 5.02 Å². The Morgan fingerprint density at radius 3 is 2.30 bits per heavy atom. The van der Waals surface area contributed by atoms with Gasteiger partial charge in [0.05, 0.1) is 17.1 Å². The van der Waals surface area contributed by atoms with Gasteiger partial charge < -0.3 is 15.6 Å². The molecule has 27 heavy (non-hydrogen) atoms. The number of rotatable bonds is 7. The third kappa shape index (κ3) is 5.25. The number of hydrogen-bond acceptors (Lipinski definition) is 6. The number of nitro benzene ring substituents is 1. The van der Waals surface area contributed by atoms with Crippen LogP contribution in [-0.2, 0) is 4.79 Å². The van der Waals surface area contributed by atoms with Crippen LogP contribution in [0, 0.1) is 10.1 Å². The Labute approximate surface area is 158 Å². The van der Waals surface area contributed by atoms with Crippen molar-refractivity contribution in [3.05, 3.63) is 68.7 Å². The molecular weight excluding hydrogens is 378 g/mol. The number of aliphatic carboxylic acids is 1. The highest BCUT2D eigenvalue weighted by Crippen LogP contribution is 2.25. The minimum atomic E-state index is -1.02. The van der Waals surface area contributed by atoms with Crippen LogP contribution in [0.4, 0.5) is 11.4 Å². The number of nitrogens with zero attached hydrogens (tertiary/aromatic N) is 2. The van der Waals surface area contributed by atoms with Crippen LogP contribution in [0.3, 0.4) is 0 Å². The number of carbonyl (C=O) groups excluding carboxylic acids is 1. The third-order valence-electron chi connectivity index (χ3n) is 3.58. The van der Waals surface area contributed by atoms with E-state index < -0.39 is 16.8 Å². The highest BCUT2D eigenvalue weighted by atomic mass is 35.5. The Morgan fingerprint density at radius 2 is 1.74 bits per heavy atom. The van der Waals surface area contributed by atoms with E-state index in [1.54, 1.807) is 12.1 Å². The molecular formula is C17H14ClN3O6. The first-order valence-corrected chi connectivity index (χ1v) is 7.98. The fourth-order valence-electron chi connectivity index (χ4n) is 2.22. The third-order valence-corrected chi connectivity index (χ3v) is 3.90. The van der Waals surface area contributed by atoms with Crippen LogP contribution in [0.5, 0.6) is 0 Å². The molecule has 0 spiro atoms. The normalized spacial score (nSPS) is 11.1. The van der Waals surface area contributed by atoms with Crippen LogP contribution in [0.15, 0.2) is 47.6 Å². The van der Waals surface area contributed by atoms with Crippen LogP contribution in [-0.4, -0.2) is 32.8 Å². The predicted molar refractivity (Wildman–Crippen MR) is 97.7 cm³/mol. The highest BCUT2D eigenvalue weighted by Gasteiger charge is 2.16. The first kappa shape index (κ1) is 19.9. The van der Waals surface area contributed by atoms with Crippen LogP contribution in [0.1, 0.15) is 28.8 Å². The molecule has 3 N–H and O–H groups in total. The van der Waals surface area contributed by atoms with Crippen molar-refractivity contribution < 1.29 is 24.8 Å². The predicted octanol–water partition coefficient (Wildman–Crippen LogP) is 3.54. The van der Waals surface area contributed by atoms with Crippen molar-refractivity contribution in [2.75, 3.05) is 5.32 Å². The van der Waals surface area contributed by atoms with E-state index >= 15 is 0 Å². The summed E-state index contributed by atoms with van der Waals surface area (Å²) in [5, 5.41) is 34.2. The molecule has 2 aromatic rings. The summed E-state index contributed by atoms with van der Waals surface area (Å²) >= 11 is 5.72. The Hall–Kier alpha value is -3.46. The summed E-state index contributed by atoms with van der Waals surface area (Å²) in [7, 11) is 0. The Kier molecular flexibility index (Phi) is 6.45. The van der Waals surface area contributed by atoms with Gasteiger partial charge in [0.15, 0.2) is 0 Å². The molecule has 0 unspecified atom stereocenters. The summed E-state index contributed by atoms with van der Waals surface area (Å²) in [4.78, 5) is 33.1. The molecule has 0 aliphatic carbocycles. The van der Waals surface area contributed by atoms with E-state index in [2.05, 4.69) is 10.5 Å². The summed E-state index contributed by atoms with van der Waals surface area (Å²) < 4.78 is 0. The quantitative estimate of drug-likeness (QED) is 0.285. The summed E-state index contributed by atoms with van der Waals surface area (Å²) in [6, 6.07) is 9.88. The van der Waals surface area contributed by atoms with Crippen LogP contribution < -0.4 is 5.32 Å². The zero-order valence-electron chi connectivity index (χ0n) is 13.8. The first-order chi connectivity index (χ1) is 12.8. The lowest BCUT2D eigenvalue weighted by molar-refractivity contribution is -0.384. The zero-order chi connectivity index (χ0) is 20.0. The number of carbonyl (C=O) groups is 2. The van der Waals surface area contributed by atoms with E-state index in [1.807, 2.05) is 0 Å². The lowest BCUT2D eigenvalue weighted by Crippen LogP contribution is -2.12. The van der Waals surface area contributed by atoms with E-state index in [0.717, 1.165) is 6.07 Å². The second-order valence-electron chi connectivity index (χ2n) is 5.40. The summed E-state index contributed by atoms with van der Waals surface area (Å²) in [6.07, 6.45) is -0.140. The molecule has 0 atom stereocenters. The van der Waals surface area contributed by atoms with E-state index in [0.29, 0.717) is 11.3 Å². The number of hydrogen-bond donors (Lipinski definition) is 3. The molecule has 0 saturated carbocycles. The van der Waals surface area contributed by atoms with Gasteiger partial charge in [0.2, 0.25) is 0 Å². The van der Waals surface area contributed by atoms with Crippen molar-refractivity contribution in [2.24, 2.45) is 5.16 Å². The number of oxime groups is 1. The molecule has 2 rings (SSSR count). The van der Waals surface area contributed by atoms with Crippen molar-refractivity contribution in [3.8, 4) is 0 Å². The van der Waals surface area contributed by atoms with Gasteiger partial charge in [-0.15, -0.1) is 0 Å². The van der Waals surface area contributed by atoms with Crippen LogP contribution in [0.25, 0.3) is 0 Å². The molecule has 1 amide bonds. The van der Waals surface area contributed by atoms with Gasteiger partial charge in [-0.25, -0.2) is 0 Å². The van der Waals surface area contributed by atoms with E-state index in [1.165, 1.54) is 24.3 Å². The Morgan fingerprint density at radius 1 is 1.11 bits per heavy atom. The topological polar surface area (TPSA) is 142 Å². The number of halogens is 1. The fourth-order valence-corrected chi connectivity index (χ4v) is 2.41. The number of carboxylic acid groups (broad SMARTS) is 1. The minimum absolute atomic E-state index is 0.0476. The molecule has 2 aromatic carbocycles. The lowest BCUT2D eigenvalue weighted by Gasteiger charge is -2.08. The molecule has 0 bridgehead atoms. The second-order valence-corrected chi connectivity index (χ2v) is 5.80. The maximum atomic E-state index is 12.2. The number of anilines is 1. The Balaban J connectivity index is 2.12. The minimum Gasteiger partial charge on any atom is -0.481 e. The van der Waals surface area contributed by atoms with E-state index in [9.17, 15) is 19.7 Å². The fraction of sp³-hybridized carbons (Fsp3) is 0.118. The van der Waals surface area contributed by atoms with Crippen LogP contribution >= 0.6 is 11.6 Å². The average Bonchev–Trinajstić information content (AvgIpc) is 2.63. The van der Waals surface area contributed by atoms with E-state index in [-0.39, 0.29) is 34.8 Å². The maximum absolute atomic E-state index is 12.2. The van der Waals surface area contributed by atoms with E-state index in [4.69, 9.17) is 21.9 Å². The maximum Gasteiger partial charge on any atom is 0.303 e. The van der Waals surface area contributed by atoms with Gasteiger partial charge in [0, 0.05) is 23.7 Å². The van der Waals surface area contributed by atoms with Crippen molar-refractivity contribution >= 4 is 40.6 Å². The summed E-state index contributed by atoms with van der Waals surface area (Å²) in [5.74, 6) is -1.58. The SMILES string of the molecule is O=C(O)CCC(=NO)c1ccc(NC(=O)c2ccc(Cl)c([N+](=O)[O-])c2)cc1. The number of nitro groups is 1.